The van der Waals surface area contributed by atoms with E-state index in [1.54, 1.807) is 5.57 Å². The molecule has 2 nitrogen and oxygen atoms in total. The zero-order valence-corrected chi connectivity index (χ0v) is 27.6. The van der Waals surface area contributed by atoms with Gasteiger partial charge in [0.15, 0.2) is 0 Å². The van der Waals surface area contributed by atoms with Crippen LogP contribution in [0.15, 0.2) is 47.1 Å². The van der Waals surface area contributed by atoms with Crippen molar-refractivity contribution < 1.29 is 9.53 Å². The normalized spacial score (nSPS) is 17.9. The molecule has 1 atom stereocenters. The molecule has 0 bridgehead atoms. The first-order chi connectivity index (χ1) is 19.3. The molecule has 0 aliphatic heterocycles. The van der Waals surface area contributed by atoms with E-state index in [4.69, 9.17) is 4.74 Å². The van der Waals surface area contributed by atoms with Gasteiger partial charge in [0.05, 0.1) is 0 Å². The monoisotopic (exact) mass is 555 g/mol. The summed E-state index contributed by atoms with van der Waals surface area (Å²) in [4.78, 5) is 12.1. The van der Waals surface area contributed by atoms with Crippen LogP contribution in [0.3, 0.4) is 0 Å². The van der Waals surface area contributed by atoms with Crippen molar-refractivity contribution in [3.05, 3.63) is 47.1 Å². The maximum Gasteiger partial charge on any atom is 0.306 e. The number of hydrogen-bond donors (Lipinski definition) is 0. The second-order valence-electron chi connectivity index (χ2n) is 13.2. The van der Waals surface area contributed by atoms with Crippen molar-refractivity contribution in [2.24, 2.45) is 11.3 Å². The zero-order chi connectivity index (χ0) is 29.5. The third kappa shape index (κ3) is 18.7. The van der Waals surface area contributed by atoms with E-state index >= 15 is 0 Å². The Balaban J connectivity index is 2.01. The highest BCUT2D eigenvalue weighted by molar-refractivity contribution is 5.69. The highest BCUT2D eigenvalue weighted by atomic mass is 16.5. The molecule has 0 saturated carbocycles. The van der Waals surface area contributed by atoms with Crippen molar-refractivity contribution in [1.29, 1.82) is 0 Å². The molecule has 1 unspecified atom stereocenters. The summed E-state index contributed by atoms with van der Waals surface area (Å²) < 4.78 is 5.45. The van der Waals surface area contributed by atoms with Crippen LogP contribution in [0.4, 0.5) is 0 Å². The van der Waals surface area contributed by atoms with Crippen molar-refractivity contribution in [3.63, 3.8) is 0 Å². The van der Waals surface area contributed by atoms with Crippen LogP contribution in [-0.4, -0.2) is 12.6 Å². The van der Waals surface area contributed by atoms with Gasteiger partial charge in [0.2, 0.25) is 0 Å². The van der Waals surface area contributed by atoms with Gasteiger partial charge in [-0.15, -0.1) is 0 Å². The smallest absolute Gasteiger partial charge is 0.306 e. The van der Waals surface area contributed by atoms with Crippen LogP contribution in [0.2, 0.25) is 0 Å². The Labute approximate surface area is 250 Å². The highest BCUT2D eigenvalue weighted by Crippen LogP contribution is 2.43. The van der Waals surface area contributed by atoms with Crippen molar-refractivity contribution in [3.8, 4) is 0 Å². The second-order valence-corrected chi connectivity index (χ2v) is 13.2. The third-order valence-electron chi connectivity index (χ3n) is 8.93. The summed E-state index contributed by atoms with van der Waals surface area (Å²) in [6, 6.07) is 0. The van der Waals surface area contributed by atoms with E-state index in [1.165, 1.54) is 107 Å². The summed E-state index contributed by atoms with van der Waals surface area (Å²) >= 11 is 0. The molecule has 1 aliphatic carbocycles. The van der Waals surface area contributed by atoms with Gasteiger partial charge in [-0.3, -0.25) is 4.79 Å². The van der Waals surface area contributed by atoms with Crippen LogP contribution < -0.4 is 0 Å². The maximum absolute atomic E-state index is 12.1. The fourth-order valence-electron chi connectivity index (χ4n) is 6.03. The number of carbonyl (C=O) groups excluding carboxylic acids is 1. The fourth-order valence-corrected chi connectivity index (χ4v) is 6.03. The lowest BCUT2D eigenvalue weighted by Crippen LogP contribution is -2.27. The van der Waals surface area contributed by atoms with E-state index in [0.717, 1.165) is 25.7 Å². The van der Waals surface area contributed by atoms with E-state index in [9.17, 15) is 4.79 Å². The molecule has 0 heterocycles. The molecule has 40 heavy (non-hydrogen) atoms. The average Bonchev–Trinajstić information content (AvgIpc) is 2.90. The van der Waals surface area contributed by atoms with Crippen molar-refractivity contribution in [1.82, 2.24) is 0 Å². The van der Waals surface area contributed by atoms with Gasteiger partial charge in [-0.25, -0.2) is 0 Å². The lowest BCUT2D eigenvalue weighted by atomic mass is 9.67. The molecule has 2 heteroatoms. The Kier molecular flexibility index (Phi) is 21.0. The van der Waals surface area contributed by atoms with Crippen LogP contribution >= 0.6 is 0 Å². The van der Waals surface area contributed by atoms with Gasteiger partial charge in [0.25, 0.3) is 0 Å². The second kappa shape index (κ2) is 23.0. The minimum absolute atomic E-state index is 0.0487. The number of ether oxygens (including phenoxy) is 1. The Morgan fingerprint density at radius 3 is 2.08 bits per heavy atom. The molecule has 0 spiro atoms. The molecule has 0 aromatic carbocycles. The van der Waals surface area contributed by atoms with Gasteiger partial charge >= 0.3 is 5.97 Å². The zero-order valence-electron chi connectivity index (χ0n) is 27.6. The Bertz CT molecular complexity index is 779. The molecule has 0 saturated heterocycles. The van der Waals surface area contributed by atoms with Crippen molar-refractivity contribution in [2.75, 3.05) is 6.61 Å². The van der Waals surface area contributed by atoms with Crippen molar-refractivity contribution >= 4 is 5.97 Å². The quantitative estimate of drug-likeness (QED) is 0.0713. The van der Waals surface area contributed by atoms with Gasteiger partial charge in [-0.2, -0.15) is 0 Å². The largest absolute Gasteiger partial charge is 0.461 e. The molecular weight excluding hydrogens is 488 g/mol. The SMILES string of the molecule is CCCCCCCCC=CCCCCCCCC(=O)OCC=C(C)CCC=C(C)CCC1C(C)=CCCC1(C)C. The summed E-state index contributed by atoms with van der Waals surface area (Å²) in [5.74, 6) is 0.667. The maximum atomic E-state index is 12.1. The summed E-state index contributed by atoms with van der Waals surface area (Å²) in [5, 5.41) is 0. The third-order valence-corrected chi connectivity index (χ3v) is 8.93. The molecular formula is C38H66O2. The van der Waals surface area contributed by atoms with Crippen LogP contribution in [-0.2, 0) is 9.53 Å². The Morgan fingerprint density at radius 1 is 0.825 bits per heavy atom. The Hall–Kier alpha value is -1.57. The predicted octanol–water partition coefficient (Wildman–Crippen LogP) is 12.4. The standard InChI is InChI=1S/C38H66O2/c1-7-8-9-10-11-12-13-14-15-16-17-18-19-20-21-27-37(39)40-32-30-34(3)25-22-24-33(2)28-29-36-35(4)26-23-31-38(36,5)6/h14-15,24,26,30,36H,7-13,16-23,25,27-29,31-32H2,1-6H3. The molecule has 0 N–H and O–H groups in total. The van der Waals surface area contributed by atoms with E-state index in [0.29, 0.717) is 24.4 Å². The number of unbranched alkanes of at least 4 members (excludes halogenated alkanes) is 11. The molecule has 0 aromatic heterocycles. The first-order valence-corrected chi connectivity index (χ1v) is 17.0. The van der Waals surface area contributed by atoms with Gasteiger partial charge in [0.1, 0.15) is 6.61 Å². The van der Waals surface area contributed by atoms with Crippen LogP contribution in [0.5, 0.6) is 0 Å². The van der Waals surface area contributed by atoms with Gasteiger partial charge in [-0.05, 0) is 109 Å². The van der Waals surface area contributed by atoms with Gasteiger partial charge < -0.3 is 4.74 Å². The first kappa shape index (κ1) is 36.5. The Morgan fingerprint density at radius 2 is 1.43 bits per heavy atom. The molecule has 1 rings (SSSR count). The number of allylic oxidation sites excluding steroid dienone is 7. The summed E-state index contributed by atoms with van der Waals surface area (Å²) in [7, 11) is 0. The van der Waals surface area contributed by atoms with E-state index < -0.39 is 0 Å². The van der Waals surface area contributed by atoms with Crippen molar-refractivity contribution in [2.45, 2.75) is 170 Å². The topological polar surface area (TPSA) is 26.3 Å². The first-order valence-electron chi connectivity index (χ1n) is 17.0. The van der Waals surface area contributed by atoms with E-state index in [2.05, 4.69) is 71.9 Å². The van der Waals surface area contributed by atoms with E-state index in [-0.39, 0.29) is 5.97 Å². The van der Waals surface area contributed by atoms with Crippen LogP contribution in [0.1, 0.15) is 170 Å². The number of esters is 1. The van der Waals surface area contributed by atoms with Crippen LogP contribution in [0, 0.1) is 11.3 Å². The summed E-state index contributed by atoms with van der Waals surface area (Å²) in [6.07, 6.45) is 35.9. The molecule has 0 amide bonds. The summed E-state index contributed by atoms with van der Waals surface area (Å²) in [5.41, 5.74) is 4.84. The molecule has 1 aliphatic rings. The van der Waals surface area contributed by atoms with Crippen LogP contribution in [0.25, 0.3) is 0 Å². The average molecular weight is 555 g/mol. The van der Waals surface area contributed by atoms with Gasteiger partial charge in [-0.1, -0.05) is 113 Å². The predicted molar refractivity (Wildman–Crippen MR) is 177 cm³/mol. The number of hydrogen-bond acceptors (Lipinski definition) is 2. The fraction of sp³-hybridized carbons (Fsp3) is 0.763. The lowest BCUT2D eigenvalue weighted by Gasteiger charge is -2.38. The molecule has 0 radical (unpaired) electrons. The highest BCUT2D eigenvalue weighted by Gasteiger charge is 2.32. The number of carbonyl (C=O) groups is 1. The minimum Gasteiger partial charge on any atom is -0.461 e. The van der Waals surface area contributed by atoms with Gasteiger partial charge in [0, 0.05) is 6.42 Å². The summed E-state index contributed by atoms with van der Waals surface area (Å²) in [6.45, 7) is 14.3. The number of rotatable bonds is 23. The lowest BCUT2D eigenvalue weighted by molar-refractivity contribution is -0.142. The molecule has 0 aromatic rings. The molecule has 230 valence electrons. The minimum atomic E-state index is -0.0487. The van der Waals surface area contributed by atoms with E-state index in [1.807, 2.05) is 0 Å². The molecule has 0 fully saturated rings.